The third kappa shape index (κ3) is 6.11. The smallest absolute Gasteiger partial charge is 0.416 e. The molecule has 0 radical (unpaired) electrons. The zero-order valence-corrected chi connectivity index (χ0v) is 18.6. The van der Waals surface area contributed by atoms with Gasteiger partial charge in [0.15, 0.2) is 0 Å². The average Bonchev–Trinajstić information content (AvgIpc) is 3.22. The summed E-state index contributed by atoms with van der Waals surface area (Å²) in [6.45, 7) is 1.90. The number of esters is 1. The lowest BCUT2D eigenvalue weighted by Gasteiger charge is -2.11. The minimum atomic E-state index is -4.53. The molecule has 3 rings (SSSR count). The molecule has 2 N–H and O–H groups in total. The van der Waals surface area contributed by atoms with Gasteiger partial charge in [-0.25, -0.2) is 13.2 Å². The van der Waals surface area contributed by atoms with Crippen LogP contribution in [0.25, 0.3) is 0 Å². The summed E-state index contributed by atoms with van der Waals surface area (Å²) in [5, 5.41) is 3.01. The van der Waals surface area contributed by atoms with Crippen molar-refractivity contribution < 1.29 is 35.9 Å². The second-order valence-electron chi connectivity index (χ2n) is 6.54. The van der Waals surface area contributed by atoms with Crippen LogP contribution in [0.5, 0.6) is 0 Å². The second-order valence-corrected chi connectivity index (χ2v) is 9.31. The van der Waals surface area contributed by atoms with E-state index in [4.69, 9.17) is 4.74 Å². The summed E-state index contributed by atoms with van der Waals surface area (Å²) in [5.74, 6) is -1.02. The highest BCUT2D eigenvalue weighted by molar-refractivity contribution is 7.92. The number of carbonyl (C=O) groups excluding carboxylic acids is 2. The summed E-state index contributed by atoms with van der Waals surface area (Å²) in [6.07, 6.45) is -4.53. The van der Waals surface area contributed by atoms with Gasteiger partial charge in [0.05, 0.1) is 22.1 Å². The maximum atomic E-state index is 12.6. The number of thiophene rings is 1. The van der Waals surface area contributed by atoms with E-state index in [1.54, 1.807) is 13.0 Å². The van der Waals surface area contributed by atoms with Crippen LogP contribution in [0.3, 0.4) is 0 Å². The number of amides is 1. The molecule has 0 bridgehead atoms. The predicted molar refractivity (Wildman–Crippen MR) is 117 cm³/mol. The van der Waals surface area contributed by atoms with E-state index < -0.39 is 33.6 Å². The fraction of sp³-hybridized carbons (Fsp3) is 0.143. The molecular weight excluding hydrogens is 481 g/mol. The van der Waals surface area contributed by atoms with Crippen LogP contribution in [0, 0.1) is 0 Å². The Labute approximate surface area is 191 Å². The molecule has 0 fully saturated rings. The lowest BCUT2D eigenvalue weighted by molar-refractivity contribution is -0.137. The molecule has 1 amide bonds. The molecular formula is C21H17F3N2O5S2. The van der Waals surface area contributed by atoms with E-state index >= 15 is 0 Å². The number of benzene rings is 2. The molecule has 0 unspecified atom stereocenters. The fourth-order valence-corrected chi connectivity index (χ4v) is 4.48. The molecule has 0 aliphatic rings. The van der Waals surface area contributed by atoms with Gasteiger partial charge in [-0.2, -0.15) is 13.2 Å². The van der Waals surface area contributed by atoms with Crippen molar-refractivity contribution in [1.82, 2.24) is 0 Å². The highest BCUT2D eigenvalue weighted by Crippen LogP contribution is 2.30. The molecule has 2 aromatic carbocycles. The number of nitrogens with one attached hydrogen (secondary N) is 2. The van der Waals surface area contributed by atoms with Crippen LogP contribution in [0.4, 0.5) is 23.9 Å². The van der Waals surface area contributed by atoms with E-state index in [1.807, 2.05) is 0 Å². The standard InChI is InChI=1S/C21H17F3N2O5S2/c1-2-31-20(28)17-11-12-18(32-17)25-19(27)13-3-9-16(10-4-13)33(29,30)26-15-7-5-14(6-8-15)21(22,23)24/h3-12,26H,2H2,1H3,(H,25,27). The van der Waals surface area contributed by atoms with Gasteiger partial charge in [0.1, 0.15) is 4.88 Å². The number of carbonyl (C=O) groups is 2. The van der Waals surface area contributed by atoms with Crippen molar-refractivity contribution >= 4 is 43.9 Å². The molecule has 0 atom stereocenters. The lowest BCUT2D eigenvalue weighted by Crippen LogP contribution is -2.15. The zero-order chi connectivity index (χ0) is 24.2. The van der Waals surface area contributed by atoms with Crippen molar-refractivity contribution in [2.24, 2.45) is 0 Å². The van der Waals surface area contributed by atoms with E-state index in [0.29, 0.717) is 9.88 Å². The first-order valence-electron chi connectivity index (χ1n) is 9.38. The quantitative estimate of drug-likeness (QED) is 0.447. The van der Waals surface area contributed by atoms with Crippen LogP contribution in [0.2, 0.25) is 0 Å². The Morgan fingerprint density at radius 1 is 0.970 bits per heavy atom. The molecule has 1 aromatic heterocycles. The number of hydrogen-bond donors (Lipinski definition) is 2. The Morgan fingerprint density at radius 2 is 1.61 bits per heavy atom. The van der Waals surface area contributed by atoms with Crippen LogP contribution in [-0.4, -0.2) is 26.9 Å². The number of halogens is 3. The molecule has 0 saturated carbocycles. The van der Waals surface area contributed by atoms with Gasteiger partial charge >= 0.3 is 12.1 Å². The zero-order valence-electron chi connectivity index (χ0n) is 17.0. The first-order chi connectivity index (χ1) is 15.5. The van der Waals surface area contributed by atoms with Crippen molar-refractivity contribution in [3.05, 3.63) is 76.7 Å². The van der Waals surface area contributed by atoms with Gasteiger partial charge in [0.25, 0.3) is 15.9 Å². The first kappa shape index (κ1) is 24.3. The van der Waals surface area contributed by atoms with Crippen LogP contribution in [0.1, 0.15) is 32.5 Å². The van der Waals surface area contributed by atoms with Crippen molar-refractivity contribution in [1.29, 1.82) is 0 Å². The summed E-state index contributed by atoms with van der Waals surface area (Å²) in [6, 6.07) is 11.6. The van der Waals surface area contributed by atoms with Crippen LogP contribution in [-0.2, 0) is 20.9 Å². The van der Waals surface area contributed by atoms with E-state index in [0.717, 1.165) is 35.6 Å². The highest BCUT2D eigenvalue weighted by Gasteiger charge is 2.30. The molecule has 0 aliphatic heterocycles. The summed E-state index contributed by atoms with van der Waals surface area (Å²) >= 11 is 1.03. The van der Waals surface area contributed by atoms with Gasteiger partial charge in [-0.05, 0) is 67.6 Å². The summed E-state index contributed by atoms with van der Waals surface area (Å²) < 4.78 is 70.0. The van der Waals surface area contributed by atoms with Gasteiger partial charge in [0, 0.05) is 11.3 Å². The number of anilines is 2. The predicted octanol–water partition coefficient (Wildman–Crippen LogP) is 5.00. The largest absolute Gasteiger partial charge is 0.462 e. The molecule has 0 saturated heterocycles. The fourth-order valence-electron chi connectivity index (χ4n) is 2.63. The number of sulfonamides is 1. The number of alkyl halides is 3. The van der Waals surface area contributed by atoms with Crippen LogP contribution >= 0.6 is 11.3 Å². The summed E-state index contributed by atoms with van der Waals surface area (Å²) in [5.41, 5.74) is -0.782. The Kier molecular flexibility index (Phi) is 7.08. The van der Waals surface area contributed by atoms with Crippen molar-refractivity contribution in [2.45, 2.75) is 18.0 Å². The van der Waals surface area contributed by atoms with E-state index in [-0.39, 0.29) is 22.8 Å². The number of ether oxygens (including phenoxy) is 1. The van der Waals surface area contributed by atoms with Gasteiger partial charge in [-0.1, -0.05) is 0 Å². The van der Waals surface area contributed by atoms with Gasteiger partial charge in [-0.3, -0.25) is 9.52 Å². The van der Waals surface area contributed by atoms with Crippen molar-refractivity contribution in [2.75, 3.05) is 16.6 Å². The topological polar surface area (TPSA) is 102 Å². The molecule has 174 valence electrons. The molecule has 7 nitrogen and oxygen atoms in total. The minimum Gasteiger partial charge on any atom is -0.462 e. The highest BCUT2D eigenvalue weighted by atomic mass is 32.2. The van der Waals surface area contributed by atoms with Crippen molar-refractivity contribution in [3.63, 3.8) is 0 Å². The molecule has 1 heterocycles. The average molecular weight is 499 g/mol. The van der Waals surface area contributed by atoms with E-state index in [2.05, 4.69) is 10.0 Å². The number of hydrogen-bond acceptors (Lipinski definition) is 6. The Hall–Kier alpha value is -3.38. The Bertz CT molecular complexity index is 1250. The van der Waals surface area contributed by atoms with Crippen LogP contribution < -0.4 is 10.0 Å². The third-order valence-corrected chi connectivity index (χ3v) is 6.59. The Balaban J connectivity index is 1.67. The molecule has 33 heavy (non-hydrogen) atoms. The van der Waals surface area contributed by atoms with Gasteiger partial charge in [-0.15, -0.1) is 11.3 Å². The summed E-state index contributed by atoms with van der Waals surface area (Å²) in [4.78, 5) is 24.2. The maximum Gasteiger partial charge on any atom is 0.416 e. The molecule has 0 spiro atoms. The van der Waals surface area contributed by atoms with Gasteiger partial charge in [0.2, 0.25) is 0 Å². The first-order valence-corrected chi connectivity index (χ1v) is 11.7. The van der Waals surface area contributed by atoms with E-state index in [1.165, 1.54) is 30.3 Å². The van der Waals surface area contributed by atoms with Crippen LogP contribution in [0.15, 0.2) is 65.6 Å². The van der Waals surface area contributed by atoms with Gasteiger partial charge < -0.3 is 10.1 Å². The SMILES string of the molecule is CCOC(=O)c1ccc(NC(=O)c2ccc(S(=O)(=O)Nc3ccc(C(F)(F)F)cc3)cc2)s1. The third-order valence-electron chi connectivity index (χ3n) is 4.21. The summed E-state index contributed by atoms with van der Waals surface area (Å²) in [7, 11) is -4.09. The molecule has 3 aromatic rings. The second kappa shape index (κ2) is 9.63. The molecule has 12 heteroatoms. The molecule has 0 aliphatic carbocycles. The lowest BCUT2D eigenvalue weighted by atomic mass is 10.2. The van der Waals surface area contributed by atoms with E-state index in [9.17, 15) is 31.2 Å². The monoisotopic (exact) mass is 498 g/mol. The minimum absolute atomic E-state index is 0.0417. The maximum absolute atomic E-state index is 12.6. The Morgan fingerprint density at radius 3 is 2.18 bits per heavy atom. The number of rotatable bonds is 7. The van der Waals surface area contributed by atoms with Crippen molar-refractivity contribution in [3.8, 4) is 0 Å². The normalized spacial score (nSPS) is 11.6.